The molecule has 0 spiro atoms. The second kappa shape index (κ2) is 8.16. The van der Waals surface area contributed by atoms with Gasteiger partial charge in [0.05, 0.1) is 0 Å². The number of ether oxygens (including phenoxy) is 1. The Morgan fingerprint density at radius 2 is 1.74 bits per heavy atom. The first-order chi connectivity index (χ1) is 12.8. The van der Waals surface area contributed by atoms with Gasteiger partial charge in [-0.15, -0.1) is 0 Å². The highest BCUT2D eigenvalue weighted by Gasteiger charge is 2.27. The Kier molecular flexibility index (Phi) is 5.88. The molecule has 0 aromatic heterocycles. The van der Waals surface area contributed by atoms with Crippen LogP contribution >= 0.6 is 0 Å². The molecule has 0 aliphatic carbocycles. The Morgan fingerprint density at radius 1 is 1.07 bits per heavy atom. The molecule has 1 saturated heterocycles. The Morgan fingerprint density at radius 3 is 2.37 bits per heavy atom. The van der Waals surface area contributed by atoms with Crippen LogP contribution in [-0.4, -0.2) is 29.7 Å². The lowest BCUT2D eigenvalue weighted by Gasteiger charge is -2.33. The predicted octanol–water partition coefficient (Wildman–Crippen LogP) is 5.70. The average molecular weight is 366 g/mol. The van der Waals surface area contributed by atoms with Gasteiger partial charge in [-0.2, -0.15) is 0 Å². The molecule has 0 saturated carbocycles. The van der Waals surface area contributed by atoms with Crippen LogP contribution in [0.2, 0.25) is 0 Å². The van der Waals surface area contributed by atoms with Crippen molar-refractivity contribution >= 4 is 6.09 Å². The Bertz CT molecular complexity index is 769. The first-order valence-corrected chi connectivity index (χ1v) is 9.93. The number of amides is 1. The van der Waals surface area contributed by atoms with E-state index >= 15 is 0 Å². The maximum Gasteiger partial charge on any atom is 0.410 e. The van der Waals surface area contributed by atoms with Gasteiger partial charge in [0.25, 0.3) is 0 Å². The van der Waals surface area contributed by atoms with Crippen LogP contribution in [0.1, 0.15) is 61.8 Å². The number of aryl methyl sites for hydroxylation is 1. The number of nitrogens with zero attached hydrogens (tertiary/aromatic N) is 1. The largest absolute Gasteiger partial charge is 0.444 e. The molecule has 2 aromatic carbocycles. The number of benzene rings is 2. The molecule has 1 heterocycles. The van der Waals surface area contributed by atoms with Crippen LogP contribution in [0.5, 0.6) is 0 Å². The number of hydrogen-bond acceptors (Lipinski definition) is 2. The summed E-state index contributed by atoms with van der Waals surface area (Å²) in [5.41, 5.74) is 5.05. The summed E-state index contributed by atoms with van der Waals surface area (Å²) in [7, 11) is 0. The van der Waals surface area contributed by atoms with E-state index in [0.717, 1.165) is 32.4 Å². The van der Waals surface area contributed by atoms with E-state index in [9.17, 15) is 4.79 Å². The lowest BCUT2D eigenvalue weighted by Crippen LogP contribution is -2.41. The van der Waals surface area contributed by atoms with Crippen LogP contribution in [0.3, 0.4) is 0 Å². The second-order valence-electron chi connectivity index (χ2n) is 8.59. The molecular weight excluding hydrogens is 334 g/mol. The molecule has 0 atom stereocenters. The van der Waals surface area contributed by atoms with Crippen molar-refractivity contribution in [3.05, 3.63) is 70.8 Å². The normalized spacial score (nSPS) is 15.6. The number of carbonyl (C=O) groups excluding carboxylic acids is 1. The zero-order valence-corrected chi connectivity index (χ0v) is 17.0. The van der Waals surface area contributed by atoms with Crippen LogP contribution < -0.4 is 0 Å². The molecular formula is C24H31NO2. The van der Waals surface area contributed by atoms with Crippen LogP contribution in [0.4, 0.5) is 4.79 Å². The highest BCUT2D eigenvalue weighted by molar-refractivity contribution is 5.68. The van der Waals surface area contributed by atoms with Gasteiger partial charge in [0.15, 0.2) is 0 Å². The van der Waals surface area contributed by atoms with E-state index in [1.165, 1.54) is 22.3 Å². The summed E-state index contributed by atoms with van der Waals surface area (Å²) in [6.45, 7) is 9.46. The van der Waals surface area contributed by atoms with Crippen LogP contribution in [0.25, 0.3) is 0 Å². The van der Waals surface area contributed by atoms with Crippen molar-refractivity contribution in [3.8, 4) is 0 Å². The minimum Gasteiger partial charge on any atom is -0.444 e. The van der Waals surface area contributed by atoms with Crippen molar-refractivity contribution in [3.63, 3.8) is 0 Å². The highest BCUT2D eigenvalue weighted by Crippen LogP contribution is 2.30. The second-order valence-corrected chi connectivity index (χ2v) is 8.59. The monoisotopic (exact) mass is 365 g/mol. The number of carbonyl (C=O) groups is 1. The molecule has 2 aromatic rings. The fourth-order valence-electron chi connectivity index (χ4n) is 3.67. The molecule has 1 aliphatic rings. The third-order valence-electron chi connectivity index (χ3n) is 5.23. The van der Waals surface area contributed by atoms with Gasteiger partial charge >= 0.3 is 6.09 Å². The van der Waals surface area contributed by atoms with Crippen molar-refractivity contribution in [1.29, 1.82) is 0 Å². The standard InChI is InChI=1S/C24H31NO2/c1-18-10-11-21(17-22(18)16-19-8-6-5-7-9-19)20-12-14-25(15-13-20)23(26)27-24(2,3)4/h5-11,17,20H,12-16H2,1-4H3. The van der Waals surface area contributed by atoms with Crippen molar-refractivity contribution in [1.82, 2.24) is 4.90 Å². The number of piperidine rings is 1. The molecule has 27 heavy (non-hydrogen) atoms. The SMILES string of the molecule is Cc1ccc(C2CCN(C(=O)OC(C)(C)C)CC2)cc1Cc1ccccc1. The summed E-state index contributed by atoms with van der Waals surface area (Å²) in [6, 6.07) is 17.5. The minimum atomic E-state index is -0.433. The molecule has 0 radical (unpaired) electrons. The van der Waals surface area contributed by atoms with Gasteiger partial charge in [0.1, 0.15) is 5.60 Å². The van der Waals surface area contributed by atoms with Gasteiger partial charge in [-0.25, -0.2) is 4.79 Å². The molecule has 1 fully saturated rings. The van der Waals surface area contributed by atoms with Gasteiger partial charge < -0.3 is 9.64 Å². The van der Waals surface area contributed by atoms with E-state index in [-0.39, 0.29) is 6.09 Å². The van der Waals surface area contributed by atoms with Gasteiger partial charge in [-0.1, -0.05) is 48.5 Å². The summed E-state index contributed by atoms with van der Waals surface area (Å²) in [5.74, 6) is 0.513. The Hall–Kier alpha value is -2.29. The third kappa shape index (κ3) is 5.35. The molecule has 3 rings (SSSR count). The molecule has 0 unspecified atom stereocenters. The molecule has 0 bridgehead atoms. The molecule has 144 valence electrons. The topological polar surface area (TPSA) is 29.5 Å². The van der Waals surface area contributed by atoms with E-state index in [1.54, 1.807) is 0 Å². The predicted molar refractivity (Wildman–Crippen MR) is 110 cm³/mol. The Labute approximate surface area is 163 Å². The van der Waals surface area contributed by atoms with Crippen molar-refractivity contribution < 1.29 is 9.53 Å². The number of hydrogen-bond donors (Lipinski definition) is 0. The maximum absolute atomic E-state index is 12.3. The zero-order chi connectivity index (χ0) is 19.4. The van der Waals surface area contributed by atoms with E-state index in [0.29, 0.717) is 5.92 Å². The van der Waals surface area contributed by atoms with E-state index in [2.05, 4.69) is 55.5 Å². The fraction of sp³-hybridized carbons (Fsp3) is 0.458. The molecule has 0 N–H and O–H groups in total. The van der Waals surface area contributed by atoms with E-state index < -0.39 is 5.60 Å². The number of likely N-dealkylation sites (tertiary alicyclic amines) is 1. The smallest absolute Gasteiger partial charge is 0.410 e. The van der Waals surface area contributed by atoms with Gasteiger partial charge in [-0.05, 0) is 75.1 Å². The van der Waals surface area contributed by atoms with Crippen LogP contribution in [0, 0.1) is 6.92 Å². The molecule has 1 amide bonds. The van der Waals surface area contributed by atoms with E-state index in [4.69, 9.17) is 4.74 Å². The van der Waals surface area contributed by atoms with Crippen molar-refractivity contribution in [2.24, 2.45) is 0 Å². The van der Waals surface area contributed by atoms with Crippen LogP contribution in [0.15, 0.2) is 48.5 Å². The quantitative estimate of drug-likeness (QED) is 0.698. The third-order valence-corrected chi connectivity index (χ3v) is 5.23. The Balaban J connectivity index is 1.64. The van der Waals surface area contributed by atoms with Crippen LogP contribution in [-0.2, 0) is 11.2 Å². The summed E-state index contributed by atoms with van der Waals surface area (Å²) >= 11 is 0. The summed E-state index contributed by atoms with van der Waals surface area (Å²) in [6.07, 6.45) is 2.77. The lowest BCUT2D eigenvalue weighted by atomic mass is 9.87. The van der Waals surface area contributed by atoms with Gasteiger partial charge in [0.2, 0.25) is 0 Å². The molecule has 1 aliphatic heterocycles. The van der Waals surface area contributed by atoms with Crippen molar-refractivity contribution in [2.75, 3.05) is 13.1 Å². The summed E-state index contributed by atoms with van der Waals surface area (Å²) < 4.78 is 5.51. The minimum absolute atomic E-state index is 0.186. The highest BCUT2D eigenvalue weighted by atomic mass is 16.6. The summed E-state index contributed by atoms with van der Waals surface area (Å²) in [5, 5.41) is 0. The first kappa shape index (κ1) is 19.5. The lowest BCUT2D eigenvalue weighted by molar-refractivity contribution is 0.0205. The van der Waals surface area contributed by atoms with Gasteiger partial charge in [0, 0.05) is 13.1 Å². The summed E-state index contributed by atoms with van der Waals surface area (Å²) in [4.78, 5) is 14.1. The average Bonchev–Trinajstić information content (AvgIpc) is 2.63. The van der Waals surface area contributed by atoms with E-state index in [1.807, 2.05) is 25.7 Å². The molecule has 3 nitrogen and oxygen atoms in total. The zero-order valence-electron chi connectivity index (χ0n) is 17.0. The first-order valence-electron chi connectivity index (χ1n) is 9.93. The molecule has 3 heteroatoms. The maximum atomic E-state index is 12.3. The number of rotatable bonds is 3. The fourth-order valence-corrected chi connectivity index (χ4v) is 3.67. The van der Waals surface area contributed by atoms with Gasteiger partial charge in [-0.3, -0.25) is 0 Å². The van der Waals surface area contributed by atoms with Crippen molar-refractivity contribution in [2.45, 2.75) is 58.5 Å².